The van der Waals surface area contributed by atoms with Crippen LogP contribution in [0.4, 0.5) is 0 Å². The zero-order valence-corrected chi connectivity index (χ0v) is 13.2. The SMILES string of the molecule is CC(=O)N1CCO[C@](C)(C(=O)NCCN2CCCCC2)C1. The summed E-state index contributed by atoms with van der Waals surface area (Å²) in [5, 5.41) is 2.96. The summed E-state index contributed by atoms with van der Waals surface area (Å²) in [7, 11) is 0. The fourth-order valence-corrected chi connectivity index (χ4v) is 2.97. The Balaban J connectivity index is 1.77. The van der Waals surface area contributed by atoms with E-state index in [0.29, 0.717) is 26.2 Å². The molecule has 2 saturated heterocycles. The highest BCUT2D eigenvalue weighted by atomic mass is 16.5. The fourth-order valence-electron chi connectivity index (χ4n) is 2.97. The van der Waals surface area contributed by atoms with Crippen molar-refractivity contribution in [1.82, 2.24) is 15.1 Å². The number of rotatable bonds is 4. The van der Waals surface area contributed by atoms with Crippen molar-refractivity contribution in [1.29, 1.82) is 0 Å². The molecule has 6 heteroatoms. The van der Waals surface area contributed by atoms with E-state index in [1.54, 1.807) is 11.8 Å². The topological polar surface area (TPSA) is 61.9 Å². The molecule has 2 rings (SSSR count). The van der Waals surface area contributed by atoms with Gasteiger partial charge in [-0.15, -0.1) is 0 Å². The van der Waals surface area contributed by atoms with Gasteiger partial charge in [-0.1, -0.05) is 6.42 Å². The molecule has 0 aromatic rings. The summed E-state index contributed by atoms with van der Waals surface area (Å²) < 4.78 is 5.63. The van der Waals surface area contributed by atoms with Crippen molar-refractivity contribution in [2.75, 3.05) is 45.9 Å². The van der Waals surface area contributed by atoms with Gasteiger partial charge >= 0.3 is 0 Å². The first-order chi connectivity index (χ1) is 10.0. The van der Waals surface area contributed by atoms with Crippen LogP contribution >= 0.6 is 0 Å². The highest BCUT2D eigenvalue weighted by Gasteiger charge is 2.39. The van der Waals surface area contributed by atoms with Crippen molar-refractivity contribution in [3.05, 3.63) is 0 Å². The molecule has 0 bridgehead atoms. The third-order valence-electron chi connectivity index (χ3n) is 4.36. The number of piperidine rings is 1. The van der Waals surface area contributed by atoms with Gasteiger partial charge in [0.25, 0.3) is 5.91 Å². The van der Waals surface area contributed by atoms with E-state index in [0.717, 1.165) is 19.6 Å². The summed E-state index contributed by atoms with van der Waals surface area (Å²) in [6.45, 7) is 8.37. The van der Waals surface area contributed by atoms with E-state index in [2.05, 4.69) is 10.2 Å². The molecule has 0 aromatic heterocycles. The molecule has 0 unspecified atom stereocenters. The highest BCUT2D eigenvalue weighted by molar-refractivity contribution is 5.86. The van der Waals surface area contributed by atoms with Crippen LogP contribution in [-0.4, -0.2) is 73.1 Å². The van der Waals surface area contributed by atoms with Gasteiger partial charge in [0.1, 0.15) is 0 Å². The molecule has 120 valence electrons. The summed E-state index contributed by atoms with van der Waals surface area (Å²) in [5.74, 6) is -0.129. The maximum atomic E-state index is 12.3. The molecule has 0 saturated carbocycles. The molecular weight excluding hydrogens is 270 g/mol. The fraction of sp³-hybridized carbons (Fsp3) is 0.867. The minimum absolute atomic E-state index is 0.00867. The maximum Gasteiger partial charge on any atom is 0.253 e. The van der Waals surface area contributed by atoms with Crippen LogP contribution in [0.1, 0.15) is 33.1 Å². The number of hydrogen-bond acceptors (Lipinski definition) is 4. The minimum Gasteiger partial charge on any atom is -0.362 e. The molecule has 2 aliphatic rings. The van der Waals surface area contributed by atoms with Crippen molar-refractivity contribution in [3.8, 4) is 0 Å². The van der Waals surface area contributed by atoms with Crippen molar-refractivity contribution in [2.24, 2.45) is 0 Å². The zero-order chi connectivity index (χ0) is 15.3. The average Bonchev–Trinajstić information content (AvgIpc) is 2.48. The Morgan fingerprint density at radius 3 is 2.57 bits per heavy atom. The summed E-state index contributed by atoms with van der Waals surface area (Å²) in [4.78, 5) is 27.9. The van der Waals surface area contributed by atoms with Gasteiger partial charge < -0.3 is 19.9 Å². The Bertz CT molecular complexity index is 382. The number of nitrogens with one attached hydrogen (secondary N) is 1. The zero-order valence-electron chi connectivity index (χ0n) is 13.2. The van der Waals surface area contributed by atoms with Crippen molar-refractivity contribution >= 4 is 11.8 Å². The normalized spacial score (nSPS) is 27.4. The first kappa shape index (κ1) is 16.2. The van der Waals surface area contributed by atoms with Gasteiger partial charge in [-0.2, -0.15) is 0 Å². The lowest BCUT2D eigenvalue weighted by Crippen LogP contribution is -2.59. The van der Waals surface area contributed by atoms with Gasteiger partial charge in [-0.25, -0.2) is 0 Å². The summed E-state index contributed by atoms with van der Waals surface area (Å²) in [6.07, 6.45) is 3.82. The number of carbonyl (C=O) groups excluding carboxylic acids is 2. The van der Waals surface area contributed by atoms with E-state index in [9.17, 15) is 9.59 Å². The van der Waals surface area contributed by atoms with Gasteiger partial charge in [0.15, 0.2) is 5.60 Å². The predicted molar refractivity (Wildman–Crippen MR) is 79.9 cm³/mol. The van der Waals surface area contributed by atoms with E-state index in [-0.39, 0.29) is 11.8 Å². The van der Waals surface area contributed by atoms with Crippen molar-refractivity contribution < 1.29 is 14.3 Å². The quantitative estimate of drug-likeness (QED) is 0.807. The largest absolute Gasteiger partial charge is 0.362 e. The van der Waals surface area contributed by atoms with E-state index in [1.807, 2.05) is 0 Å². The molecular formula is C15H27N3O3. The summed E-state index contributed by atoms with van der Waals surface area (Å²) >= 11 is 0. The Morgan fingerprint density at radius 1 is 1.19 bits per heavy atom. The van der Waals surface area contributed by atoms with Crippen LogP contribution < -0.4 is 5.32 Å². The van der Waals surface area contributed by atoms with Gasteiger partial charge in [-0.3, -0.25) is 9.59 Å². The molecule has 2 heterocycles. The van der Waals surface area contributed by atoms with Gasteiger partial charge in [0.05, 0.1) is 13.2 Å². The van der Waals surface area contributed by atoms with E-state index < -0.39 is 5.60 Å². The van der Waals surface area contributed by atoms with Crippen LogP contribution in [0.3, 0.4) is 0 Å². The van der Waals surface area contributed by atoms with E-state index in [4.69, 9.17) is 4.74 Å². The van der Waals surface area contributed by atoms with Crippen LogP contribution in [0.25, 0.3) is 0 Å². The van der Waals surface area contributed by atoms with Gasteiger partial charge in [0, 0.05) is 26.6 Å². The lowest BCUT2D eigenvalue weighted by Gasteiger charge is -2.39. The number of morpholine rings is 1. The van der Waals surface area contributed by atoms with Gasteiger partial charge in [0.2, 0.25) is 5.91 Å². The summed E-state index contributed by atoms with van der Waals surface area (Å²) in [5.41, 5.74) is -0.925. The molecule has 2 fully saturated rings. The second kappa shape index (κ2) is 7.22. The molecule has 0 spiro atoms. The second-order valence-corrected chi connectivity index (χ2v) is 6.18. The number of ether oxygens (including phenoxy) is 1. The number of carbonyl (C=O) groups is 2. The molecule has 1 N–H and O–H groups in total. The monoisotopic (exact) mass is 297 g/mol. The molecule has 0 aromatic carbocycles. The average molecular weight is 297 g/mol. The molecule has 1 atom stereocenters. The van der Waals surface area contributed by atoms with Crippen LogP contribution in [0.5, 0.6) is 0 Å². The highest BCUT2D eigenvalue weighted by Crippen LogP contribution is 2.18. The molecule has 2 amide bonds. The number of amides is 2. The third kappa shape index (κ3) is 4.41. The lowest BCUT2D eigenvalue weighted by molar-refractivity contribution is -0.162. The first-order valence-electron chi connectivity index (χ1n) is 7.91. The number of likely N-dealkylation sites (tertiary alicyclic amines) is 1. The lowest BCUT2D eigenvalue weighted by atomic mass is 10.0. The Hall–Kier alpha value is -1.14. The standard InChI is InChI=1S/C15H27N3O3/c1-13(19)18-10-11-21-15(2,12-18)14(20)16-6-9-17-7-4-3-5-8-17/h3-12H2,1-2H3,(H,16,20)/t15-/m0/s1. The summed E-state index contributed by atoms with van der Waals surface area (Å²) in [6, 6.07) is 0. The number of nitrogens with zero attached hydrogens (tertiary/aromatic N) is 2. The van der Waals surface area contributed by atoms with Crippen molar-refractivity contribution in [2.45, 2.75) is 38.7 Å². The second-order valence-electron chi connectivity index (χ2n) is 6.18. The molecule has 0 radical (unpaired) electrons. The Kier molecular flexibility index (Phi) is 5.58. The predicted octanol–water partition coefficient (Wildman–Crippen LogP) is 0.226. The van der Waals surface area contributed by atoms with Crippen LogP contribution in [0.15, 0.2) is 0 Å². The van der Waals surface area contributed by atoms with Crippen LogP contribution in [-0.2, 0) is 14.3 Å². The molecule has 0 aliphatic carbocycles. The van der Waals surface area contributed by atoms with Gasteiger partial charge in [-0.05, 0) is 32.9 Å². The maximum absolute atomic E-state index is 12.3. The van der Waals surface area contributed by atoms with E-state index >= 15 is 0 Å². The van der Waals surface area contributed by atoms with E-state index in [1.165, 1.54) is 26.2 Å². The minimum atomic E-state index is -0.925. The smallest absolute Gasteiger partial charge is 0.253 e. The molecule has 6 nitrogen and oxygen atoms in total. The molecule has 21 heavy (non-hydrogen) atoms. The Labute approximate surface area is 126 Å². The Morgan fingerprint density at radius 2 is 1.90 bits per heavy atom. The number of hydrogen-bond donors (Lipinski definition) is 1. The van der Waals surface area contributed by atoms with Crippen LogP contribution in [0.2, 0.25) is 0 Å². The molecule has 2 aliphatic heterocycles. The first-order valence-corrected chi connectivity index (χ1v) is 7.91. The third-order valence-corrected chi connectivity index (χ3v) is 4.36. The van der Waals surface area contributed by atoms with Crippen molar-refractivity contribution in [3.63, 3.8) is 0 Å². The van der Waals surface area contributed by atoms with Crippen LogP contribution in [0, 0.1) is 0 Å².